The van der Waals surface area contributed by atoms with Gasteiger partial charge in [0.05, 0.1) is 0 Å². The molecular weight excluding hydrogens is 200 g/mol. The first-order valence-corrected chi connectivity index (χ1v) is 5.28. The first-order chi connectivity index (χ1) is 7.90. The van der Waals surface area contributed by atoms with Crippen LogP contribution in [0.15, 0.2) is 54.7 Å². The molecule has 0 fully saturated rings. The largest absolute Gasteiger partial charge is 0.316 e. The van der Waals surface area contributed by atoms with E-state index in [0.29, 0.717) is 6.54 Å². The number of nitrogens with one attached hydrogen (secondary N) is 1. The van der Waals surface area contributed by atoms with Gasteiger partial charge in [-0.2, -0.15) is 10.0 Å². The zero-order valence-electron chi connectivity index (χ0n) is 9.00. The number of hydroxylamine groups is 1. The van der Waals surface area contributed by atoms with Crippen molar-refractivity contribution in [1.82, 2.24) is 5.48 Å². The summed E-state index contributed by atoms with van der Waals surface area (Å²) in [7, 11) is 0. The molecule has 0 atom stereocenters. The van der Waals surface area contributed by atoms with E-state index < -0.39 is 0 Å². The molecule has 0 saturated heterocycles. The normalized spacial score (nSPS) is 10.3. The van der Waals surface area contributed by atoms with Gasteiger partial charge in [-0.15, -0.1) is 0 Å². The Morgan fingerprint density at radius 1 is 1.00 bits per heavy atom. The van der Waals surface area contributed by atoms with Gasteiger partial charge in [-0.25, -0.2) is 0 Å². The van der Waals surface area contributed by atoms with E-state index in [9.17, 15) is 0 Å². The van der Waals surface area contributed by atoms with E-state index in [2.05, 4.69) is 22.2 Å². The Bertz CT molecular complexity index is 443. The standard InChI is InChI=1S/C13H15N2O/c16-14-10-13-8-4-5-9-15(13)11-12-6-2-1-3-7-12/h1-9,14,16H,10-11H2/q+1. The second kappa shape index (κ2) is 5.39. The van der Waals surface area contributed by atoms with Gasteiger partial charge in [-0.3, -0.25) is 0 Å². The van der Waals surface area contributed by atoms with Crippen molar-refractivity contribution in [3.8, 4) is 0 Å². The number of hydrogen-bond donors (Lipinski definition) is 2. The molecule has 1 aromatic heterocycles. The molecule has 3 nitrogen and oxygen atoms in total. The van der Waals surface area contributed by atoms with Gasteiger partial charge in [0.15, 0.2) is 18.4 Å². The smallest absolute Gasteiger partial charge is 0.197 e. The molecule has 0 amide bonds. The van der Waals surface area contributed by atoms with Crippen molar-refractivity contribution in [3.05, 3.63) is 66.0 Å². The van der Waals surface area contributed by atoms with Crippen molar-refractivity contribution in [3.63, 3.8) is 0 Å². The van der Waals surface area contributed by atoms with Crippen molar-refractivity contribution < 1.29 is 9.77 Å². The molecule has 2 rings (SSSR count). The van der Waals surface area contributed by atoms with Crippen LogP contribution in [-0.2, 0) is 13.1 Å². The van der Waals surface area contributed by atoms with E-state index in [1.807, 2.05) is 42.6 Å². The highest BCUT2D eigenvalue weighted by atomic mass is 16.5. The predicted octanol–water partition coefficient (Wildman–Crippen LogP) is 1.50. The third kappa shape index (κ3) is 2.66. The second-order valence-electron chi connectivity index (χ2n) is 3.64. The minimum absolute atomic E-state index is 0.452. The third-order valence-corrected chi connectivity index (χ3v) is 2.49. The monoisotopic (exact) mass is 215 g/mol. The lowest BCUT2D eigenvalue weighted by Crippen LogP contribution is -2.40. The second-order valence-corrected chi connectivity index (χ2v) is 3.64. The molecular formula is C13H15N2O+. The quantitative estimate of drug-likeness (QED) is 0.599. The predicted molar refractivity (Wildman–Crippen MR) is 60.8 cm³/mol. The summed E-state index contributed by atoms with van der Waals surface area (Å²) in [6.45, 7) is 1.27. The van der Waals surface area contributed by atoms with Gasteiger partial charge >= 0.3 is 0 Å². The molecule has 0 aliphatic carbocycles. The molecule has 2 N–H and O–H groups in total. The summed E-state index contributed by atoms with van der Waals surface area (Å²) < 4.78 is 2.11. The van der Waals surface area contributed by atoms with Gasteiger partial charge in [0.1, 0.15) is 6.54 Å². The van der Waals surface area contributed by atoms with Crippen LogP contribution >= 0.6 is 0 Å². The van der Waals surface area contributed by atoms with Crippen LogP contribution in [-0.4, -0.2) is 5.21 Å². The molecule has 0 saturated carbocycles. The van der Waals surface area contributed by atoms with Crippen molar-refractivity contribution >= 4 is 0 Å². The summed E-state index contributed by atoms with van der Waals surface area (Å²) in [5, 5.41) is 8.75. The van der Waals surface area contributed by atoms with E-state index in [1.54, 1.807) is 0 Å². The van der Waals surface area contributed by atoms with Crippen LogP contribution in [0.3, 0.4) is 0 Å². The number of pyridine rings is 1. The molecule has 82 valence electrons. The van der Waals surface area contributed by atoms with Crippen LogP contribution in [0.4, 0.5) is 0 Å². The van der Waals surface area contributed by atoms with Gasteiger partial charge in [0.2, 0.25) is 0 Å². The Balaban J connectivity index is 2.21. The SMILES string of the molecule is ONCc1cccc[n+]1Cc1ccccc1. The zero-order chi connectivity index (χ0) is 11.2. The minimum atomic E-state index is 0.452. The summed E-state index contributed by atoms with van der Waals surface area (Å²) in [6.07, 6.45) is 2.01. The van der Waals surface area contributed by atoms with Gasteiger partial charge in [-0.05, 0) is 0 Å². The average Bonchev–Trinajstić information content (AvgIpc) is 2.33. The molecule has 0 radical (unpaired) electrons. The van der Waals surface area contributed by atoms with Gasteiger partial charge in [0, 0.05) is 17.7 Å². The summed E-state index contributed by atoms with van der Waals surface area (Å²) in [4.78, 5) is 0. The zero-order valence-corrected chi connectivity index (χ0v) is 9.00. The molecule has 1 aromatic carbocycles. The number of hydrogen-bond acceptors (Lipinski definition) is 2. The number of nitrogens with zero attached hydrogens (tertiary/aromatic N) is 1. The van der Waals surface area contributed by atoms with Crippen molar-refractivity contribution in [2.75, 3.05) is 0 Å². The molecule has 2 aromatic rings. The van der Waals surface area contributed by atoms with Crippen LogP contribution in [0.25, 0.3) is 0 Å². The number of aromatic nitrogens is 1. The van der Waals surface area contributed by atoms with Crippen molar-refractivity contribution in [2.24, 2.45) is 0 Å². The topological polar surface area (TPSA) is 36.1 Å². The van der Waals surface area contributed by atoms with Crippen LogP contribution in [0.5, 0.6) is 0 Å². The molecule has 0 spiro atoms. The Kier molecular flexibility index (Phi) is 3.64. The van der Waals surface area contributed by atoms with Crippen molar-refractivity contribution in [1.29, 1.82) is 0 Å². The summed E-state index contributed by atoms with van der Waals surface area (Å²) >= 11 is 0. The van der Waals surface area contributed by atoms with Crippen LogP contribution in [0.2, 0.25) is 0 Å². The van der Waals surface area contributed by atoms with Crippen LogP contribution < -0.4 is 10.0 Å². The van der Waals surface area contributed by atoms with E-state index in [-0.39, 0.29) is 0 Å². The highest BCUT2D eigenvalue weighted by molar-refractivity contribution is 5.13. The van der Waals surface area contributed by atoms with Gasteiger partial charge in [0.25, 0.3) is 0 Å². The molecule has 3 heteroatoms. The molecule has 1 heterocycles. The molecule has 0 aliphatic heterocycles. The number of rotatable bonds is 4. The maximum Gasteiger partial charge on any atom is 0.197 e. The van der Waals surface area contributed by atoms with E-state index in [0.717, 1.165) is 12.2 Å². The fourth-order valence-electron chi connectivity index (χ4n) is 1.69. The lowest BCUT2D eigenvalue weighted by atomic mass is 10.2. The lowest BCUT2D eigenvalue weighted by molar-refractivity contribution is -0.696. The Morgan fingerprint density at radius 3 is 2.50 bits per heavy atom. The summed E-state index contributed by atoms with van der Waals surface area (Å²) in [6, 6.07) is 16.2. The van der Waals surface area contributed by atoms with Crippen molar-refractivity contribution in [2.45, 2.75) is 13.1 Å². The fraction of sp³-hybridized carbons (Fsp3) is 0.154. The summed E-state index contributed by atoms with van der Waals surface area (Å²) in [5.41, 5.74) is 4.49. The molecule has 0 unspecified atom stereocenters. The Labute approximate surface area is 94.9 Å². The molecule has 16 heavy (non-hydrogen) atoms. The molecule has 0 bridgehead atoms. The first kappa shape index (κ1) is 10.8. The highest BCUT2D eigenvalue weighted by Gasteiger charge is 2.08. The highest BCUT2D eigenvalue weighted by Crippen LogP contribution is 1.99. The van der Waals surface area contributed by atoms with Gasteiger partial charge < -0.3 is 5.21 Å². The lowest BCUT2D eigenvalue weighted by Gasteiger charge is -2.02. The maximum absolute atomic E-state index is 8.75. The Hall–Kier alpha value is -1.71. The number of benzene rings is 1. The Morgan fingerprint density at radius 2 is 1.75 bits per heavy atom. The molecule has 0 aliphatic rings. The van der Waals surface area contributed by atoms with Crippen LogP contribution in [0, 0.1) is 0 Å². The first-order valence-electron chi connectivity index (χ1n) is 5.28. The third-order valence-electron chi connectivity index (χ3n) is 2.49. The minimum Gasteiger partial charge on any atom is -0.316 e. The van der Waals surface area contributed by atoms with E-state index >= 15 is 0 Å². The average molecular weight is 215 g/mol. The fourth-order valence-corrected chi connectivity index (χ4v) is 1.69. The maximum atomic E-state index is 8.75. The summed E-state index contributed by atoms with van der Waals surface area (Å²) in [5.74, 6) is 0. The van der Waals surface area contributed by atoms with E-state index in [1.165, 1.54) is 5.56 Å². The van der Waals surface area contributed by atoms with Crippen LogP contribution in [0.1, 0.15) is 11.3 Å². The van der Waals surface area contributed by atoms with Gasteiger partial charge in [-0.1, -0.05) is 36.4 Å². The van der Waals surface area contributed by atoms with E-state index in [4.69, 9.17) is 5.21 Å².